The van der Waals surface area contributed by atoms with E-state index >= 15 is 0 Å². The standard InChI is InChI=1S/C17H19Cl/c18-16(14-4-2-1-3-5-14)11-17-9-12-6-13(10-17)8-15(17)7-12/h1-5,11-13,15H,6-10H2/b16-11+. The molecule has 94 valence electrons. The van der Waals surface area contributed by atoms with Gasteiger partial charge < -0.3 is 0 Å². The molecule has 4 aliphatic carbocycles. The van der Waals surface area contributed by atoms with Gasteiger partial charge >= 0.3 is 0 Å². The van der Waals surface area contributed by atoms with Crippen LogP contribution in [0.5, 0.6) is 0 Å². The molecule has 0 aromatic heterocycles. The normalized spacial score (nSPS) is 41.6. The Morgan fingerprint density at radius 3 is 2.39 bits per heavy atom. The van der Waals surface area contributed by atoms with Gasteiger partial charge in [-0.15, -0.1) is 0 Å². The monoisotopic (exact) mass is 258 g/mol. The molecule has 4 saturated carbocycles. The van der Waals surface area contributed by atoms with E-state index in [1.165, 1.54) is 37.7 Å². The van der Waals surface area contributed by atoms with Crippen LogP contribution in [0.3, 0.4) is 0 Å². The van der Waals surface area contributed by atoms with Crippen LogP contribution in [0.1, 0.15) is 37.7 Å². The molecule has 1 aromatic rings. The Kier molecular flexibility index (Phi) is 2.39. The minimum absolute atomic E-state index is 0.459. The SMILES string of the molecule is Cl/C(=C/C12CC3CC(CC1C3)C2)c1ccccc1. The molecular weight excluding hydrogens is 240 g/mol. The van der Waals surface area contributed by atoms with Gasteiger partial charge in [0.2, 0.25) is 0 Å². The summed E-state index contributed by atoms with van der Waals surface area (Å²) in [5.74, 6) is 2.93. The Hall–Kier alpha value is -0.750. The molecule has 4 fully saturated rings. The maximum absolute atomic E-state index is 6.57. The van der Waals surface area contributed by atoms with E-state index in [1.807, 2.05) is 0 Å². The van der Waals surface area contributed by atoms with E-state index < -0.39 is 0 Å². The van der Waals surface area contributed by atoms with Crippen LogP contribution in [0.4, 0.5) is 0 Å². The van der Waals surface area contributed by atoms with Gasteiger partial charge in [-0.1, -0.05) is 48.0 Å². The highest BCUT2D eigenvalue weighted by atomic mass is 35.5. The van der Waals surface area contributed by atoms with E-state index in [1.54, 1.807) is 0 Å². The van der Waals surface area contributed by atoms with Gasteiger partial charge in [0.05, 0.1) is 0 Å². The Labute approximate surface area is 114 Å². The molecule has 0 radical (unpaired) electrons. The Bertz CT molecular complexity index is 474. The first-order valence-corrected chi connectivity index (χ1v) is 7.57. The quantitative estimate of drug-likeness (QED) is 0.693. The van der Waals surface area contributed by atoms with Crippen molar-refractivity contribution < 1.29 is 0 Å². The summed E-state index contributed by atoms with van der Waals surface area (Å²) in [5.41, 5.74) is 1.64. The van der Waals surface area contributed by atoms with Crippen molar-refractivity contribution in [3.05, 3.63) is 42.0 Å². The number of hydrogen-bond acceptors (Lipinski definition) is 0. The van der Waals surface area contributed by atoms with Gasteiger partial charge in [0.1, 0.15) is 0 Å². The summed E-state index contributed by atoms with van der Waals surface area (Å²) >= 11 is 6.57. The van der Waals surface area contributed by atoms with Crippen molar-refractivity contribution in [3.63, 3.8) is 0 Å². The van der Waals surface area contributed by atoms with Crippen molar-refractivity contribution in [1.29, 1.82) is 0 Å². The van der Waals surface area contributed by atoms with Gasteiger partial charge in [0.15, 0.2) is 0 Å². The molecule has 1 heteroatoms. The zero-order valence-corrected chi connectivity index (χ0v) is 11.4. The predicted molar refractivity (Wildman–Crippen MR) is 76.3 cm³/mol. The van der Waals surface area contributed by atoms with Crippen LogP contribution in [0.2, 0.25) is 0 Å². The molecule has 4 aliphatic rings. The molecular formula is C17H19Cl. The predicted octanol–water partition coefficient (Wildman–Crippen LogP) is 5.09. The number of hydrogen-bond donors (Lipinski definition) is 0. The third-order valence-corrected chi connectivity index (χ3v) is 5.84. The molecule has 0 saturated heterocycles. The van der Waals surface area contributed by atoms with Gasteiger partial charge in [0.25, 0.3) is 0 Å². The van der Waals surface area contributed by atoms with E-state index in [0.29, 0.717) is 5.41 Å². The number of halogens is 1. The van der Waals surface area contributed by atoms with Gasteiger partial charge in [0, 0.05) is 5.03 Å². The molecule has 2 unspecified atom stereocenters. The molecule has 0 N–H and O–H groups in total. The molecule has 18 heavy (non-hydrogen) atoms. The average Bonchev–Trinajstić information content (AvgIpc) is 2.75. The van der Waals surface area contributed by atoms with Crippen molar-refractivity contribution in [2.75, 3.05) is 0 Å². The van der Waals surface area contributed by atoms with Crippen LogP contribution in [0, 0.1) is 23.2 Å². The molecule has 4 bridgehead atoms. The van der Waals surface area contributed by atoms with Crippen molar-refractivity contribution in [2.45, 2.75) is 32.1 Å². The fourth-order valence-corrected chi connectivity index (χ4v) is 5.37. The Morgan fingerprint density at radius 1 is 1.06 bits per heavy atom. The highest BCUT2D eigenvalue weighted by Gasteiger charge is 2.56. The molecule has 2 atom stereocenters. The summed E-state index contributed by atoms with van der Waals surface area (Å²) in [6.07, 6.45) is 9.65. The van der Waals surface area contributed by atoms with Crippen molar-refractivity contribution >= 4 is 16.6 Å². The zero-order valence-electron chi connectivity index (χ0n) is 10.6. The highest BCUT2D eigenvalue weighted by molar-refractivity contribution is 6.48. The lowest BCUT2D eigenvalue weighted by Crippen LogP contribution is -2.20. The summed E-state index contributed by atoms with van der Waals surface area (Å²) in [7, 11) is 0. The van der Waals surface area contributed by atoms with Crippen LogP contribution in [0.25, 0.3) is 5.03 Å². The van der Waals surface area contributed by atoms with E-state index in [9.17, 15) is 0 Å². The average molecular weight is 259 g/mol. The number of rotatable bonds is 2. The smallest absolute Gasteiger partial charge is 0.0444 e. The minimum atomic E-state index is 0.459. The molecule has 0 aliphatic heterocycles. The lowest BCUT2D eigenvalue weighted by molar-refractivity contribution is 0.252. The lowest BCUT2D eigenvalue weighted by Gasteiger charge is -2.30. The first-order valence-electron chi connectivity index (χ1n) is 7.19. The number of benzene rings is 1. The third kappa shape index (κ3) is 1.58. The Morgan fingerprint density at radius 2 is 1.72 bits per heavy atom. The molecule has 1 aromatic carbocycles. The summed E-state index contributed by atoms with van der Waals surface area (Å²) in [5, 5.41) is 0.976. The summed E-state index contributed by atoms with van der Waals surface area (Å²) in [6, 6.07) is 10.4. The second-order valence-corrected chi connectivity index (χ2v) is 7.04. The van der Waals surface area contributed by atoms with Crippen LogP contribution >= 0.6 is 11.6 Å². The second-order valence-electron chi connectivity index (χ2n) is 6.64. The third-order valence-electron chi connectivity index (χ3n) is 5.52. The molecule has 0 heterocycles. The topological polar surface area (TPSA) is 0 Å². The number of allylic oxidation sites excluding steroid dienone is 1. The first-order chi connectivity index (χ1) is 8.75. The van der Waals surface area contributed by atoms with E-state index in [0.717, 1.165) is 22.8 Å². The van der Waals surface area contributed by atoms with Crippen LogP contribution in [-0.2, 0) is 0 Å². The fraction of sp³-hybridized carbons (Fsp3) is 0.529. The zero-order chi connectivity index (χ0) is 12.2. The summed E-state index contributed by atoms with van der Waals surface area (Å²) in [4.78, 5) is 0. The lowest BCUT2D eigenvalue weighted by atomic mass is 9.75. The summed E-state index contributed by atoms with van der Waals surface area (Å²) in [6.45, 7) is 0. The first kappa shape index (κ1) is 11.1. The van der Waals surface area contributed by atoms with Crippen LogP contribution < -0.4 is 0 Å². The molecule has 5 rings (SSSR count). The highest BCUT2D eigenvalue weighted by Crippen LogP contribution is 2.66. The van der Waals surface area contributed by atoms with Crippen molar-refractivity contribution in [2.24, 2.45) is 23.2 Å². The largest absolute Gasteiger partial charge is 0.0840 e. The minimum Gasteiger partial charge on any atom is -0.0840 e. The molecule has 0 amide bonds. The van der Waals surface area contributed by atoms with Crippen molar-refractivity contribution in [1.82, 2.24) is 0 Å². The van der Waals surface area contributed by atoms with Gasteiger partial charge in [-0.25, -0.2) is 0 Å². The van der Waals surface area contributed by atoms with Crippen LogP contribution in [0.15, 0.2) is 36.4 Å². The van der Waals surface area contributed by atoms with Crippen molar-refractivity contribution in [3.8, 4) is 0 Å². The second kappa shape index (κ2) is 3.87. The maximum atomic E-state index is 6.57. The fourth-order valence-electron chi connectivity index (χ4n) is 5.03. The maximum Gasteiger partial charge on any atom is 0.0444 e. The van der Waals surface area contributed by atoms with E-state index in [2.05, 4.69) is 36.4 Å². The van der Waals surface area contributed by atoms with Gasteiger partial charge in [-0.05, 0) is 60.8 Å². The van der Waals surface area contributed by atoms with Gasteiger partial charge in [-0.3, -0.25) is 0 Å². The van der Waals surface area contributed by atoms with Crippen LogP contribution in [-0.4, -0.2) is 0 Å². The molecule has 0 nitrogen and oxygen atoms in total. The van der Waals surface area contributed by atoms with Gasteiger partial charge in [-0.2, -0.15) is 0 Å². The Balaban J connectivity index is 1.69. The van der Waals surface area contributed by atoms with E-state index in [-0.39, 0.29) is 0 Å². The molecule has 0 spiro atoms. The summed E-state index contributed by atoms with van der Waals surface area (Å²) < 4.78 is 0. The van der Waals surface area contributed by atoms with E-state index in [4.69, 9.17) is 11.6 Å².